The molecule has 2 heterocycles. The molecule has 6 nitrogen and oxygen atoms in total. The van der Waals surface area contributed by atoms with Gasteiger partial charge in [0.1, 0.15) is 17.1 Å². The lowest BCUT2D eigenvalue weighted by molar-refractivity contribution is 0.0695. The van der Waals surface area contributed by atoms with Crippen molar-refractivity contribution in [3.63, 3.8) is 0 Å². The van der Waals surface area contributed by atoms with E-state index in [1.807, 2.05) is 6.92 Å². The summed E-state index contributed by atoms with van der Waals surface area (Å²) in [7, 11) is 0. The van der Waals surface area contributed by atoms with E-state index in [0.29, 0.717) is 12.1 Å². The standard InChI is InChI=1S/C16H14FN3O3/c1-3-19-8-11(16(22)23)15(21)10-6-12(17)14(7-13(10)19)20-9(2)4-5-18-20/h4-8H,3H2,1-2H3,(H,22,23). The van der Waals surface area contributed by atoms with E-state index >= 15 is 0 Å². The smallest absolute Gasteiger partial charge is 0.341 e. The number of pyridine rings is 1. The SMILES string of the molecule is CCn1cc(C(=O)O)c(=O)c2cc(F)c(-n3nccc3C)cc21. The number of hydrogen-bond donors (Lipinski definition) is 1. The van der Waals surface area contributed by atoms with E-state index in [0.717, 1.165) is 11.8 Å². The first-order valence-corrected chi connectivity index (χ1v) is 7.05. The average molecular weight is 315 g/mol. The lowest BCUT2D eigenvalue weighted by Crippen LogP contribution is -2.19. The van der Waals surface area contributed by atoms with Crippen molar-refractivity contribution >= 4 is 16.9 Å². The van der Waals surface area contributed by atoms with Gasteiger partial charge in [0.25, 0.3) is 0 Å². The van der Waals surface area contributed by atoms with E-state index in [2.05, 4.69) is 5.10 Å². The minimum absolute atomic E-state index is 0.0396. The van der Waals surface area contributed by atoms with Crippen LogP contribution in [0.3, 0.4) is 0 Å². The number of carbonyl (C=O) groups is 1. The van der Waals surface area contributed by atoms with Crippen LogP contribution in [-0.2, 0) is 6.54 Å². The number of aromatic nitrogens is 3. The van der Waals surface area contributed by atoms with Crippen LogP contribution in [0.25, 0.3) is 16.6 Å². The Morgan fingerprint density at radius 2 is 2.13 bits per heavy atom. The summed E-state index contributed by atoms with van der Waals surface area (Å²) in [4.78, 5) is 23.5. The van der Waals surface area contributed by atoms with Gasteiger partial charge in [-0.2, -0.15) is 5.10 Å². The molecule has 7 heteroatoms. The zero-order chi connectivity index (χ0) is 16.7. The van der Waals surface area contributed by atoms with Crippen LogP contribution in [0.1, 0.15) is 23.0 Å². The highest BCUT2D eigenvalue weighted by molar-refractivity contribution is 5.93. The van der Waals surface area contributed by atoms with Crippen LogP contribution in [-0.4, -0.2) is 25.4 Å². The third kappa shape index (κ3) is 2.30. The molecule has 0 saturated carbocycles. The highest BCUT2D eigenvalue weighted by Gasteiger charge is 2.17. The van der Waals surface area contributed by atoms with Crippen molar-refractivity contribution in [1.29, 1.82) is 0 Å². The van der Waals surface area contributed by atoms with Gasteiger partial charge in [0.2, 0.25) is 5.43 Å². The molecular weight excluding hydrogens is 301 g/mol. The highest BCUT2D eigenvalue weighted by Crippen LogP contribution is 2.22. The largest absolute Gasteiger partial charge is 0.477 e. The molecule has 0 bridgehead atoms. The molecule has 0 atom stereocenters. The van der Waals surface area contributed by atoms with Crippen molar-refractivity contribution in [3.8, 4) is 5.69 Å². The quantitative estimate of drug-likeness (QED) is 0.805. The number of hydrogen-bond acceptors (Lipinski definition) is 3. The zero-order valence-electron chi connectivity index (χ0n) is 12.6. The van der Waals surface area contributed by atoms with Crippen molar-refractivity contribution < 1.29 is 14.3 Å². The second kappa shape index (κ2) is 5.35. The topological polar surface area (TPSA) is 77.1 Å². The van der Waals surface area contributed by atoms with Crippen LogP contribution in [0, 0.1) is 12.7 Å². The summed E-state index contributed by atoms with van der Waals surface area (Å²) in [5.41, 5.74) is 0.357. The fourth-order valence-electron chi connectivity index (χ4n) is 2.60. The van der Waals surface area contributed by atoms with Gasteiger partial charge < -0.3 is 9.67 Å². The number of fused-ring (bicyclic) bond motifs is 1. The van der Waals surface area contributed by atoms with Gasteiger partial charge >= 0.3 is 5.97 Å². The van der Waals surface area contributed by atoms with Crippen LogP contribution >= 0.6 is 0 Å². The number of carboxylic acid groups (broad SMARTS) is 1. The molecule has 3 rings (SSSR count). The van der Waals surface area contributed by atoms with Gasteiger partial charge in [0.05, 0.1) is 5.52 Å². The fourth-order valence-corrected chi connectivity index (χ4v) is 2.60. The molecule has 1 aromatic carbocycles. The molecule has 0 fully saturated rings. The number of aryl methyl sites for hydroxylation is 2. The van der Waals surface area contributed by atoms with Crippen molar-refractivity contribution in [2.24, 2.45) is 0 Å². The molecule has 0 aliphatic carbocycles. The first-order valence-electron chi connectivity index (χ1n) is 7.05. The maximum Gasteiger partial charge on any atom is 0.341 e. The summed E-state index contributed by atoms with van der Waals surface area (Å²) < 4.78 is 17.5. The van der Waals surface area contributed by atoms with Crippen LogP contribution in [0.2, 0.25) is 0 Å². The van der Waals surface area contributed by atoms with Crippen LogP contribution in [0.15, 0.2) is 35.4 Å². The number of aromatic carboxylic acids is 1. The van der Waals surface area contributed by atoms with E-state index in [1.165, 1.54) is 16.9 Å². The molecule has 0 radical (unpaired) electrons. The molecule has 0 unspecified atom stereocenters. The van der Waals surface area contributed by atoms with Crippen LogP contribution < -0.4 is 5.43 Å². The molecule has 118 valence electrons. The summed E-state index contributed by atoms with van der Waals surface area (Å²) >= 11 is 0. The number of nitrogens with zero attached hydrogens (tertiary/aromatic N) is 3. The van der Waals surface area contributed by atoms with Gasteiger partial charge in [-0.05, 0) is 32.0 Å². The Kier molecular flexibility index (Phi) is 3.48. The van der Waals surface area contributed by atoms with Gasteiger partial charge in [-0.15, -0.1) is 0 Å². The first-order chi connectivity index (χ1) is 10.9. The number of rotatable bonds is 3. The second-order valence-corrected chi connectivity index (χ2v) is 5.17. The number of benzene rings is 1. The first kappa shape index (κ1) is 15.0. The Hall–Kier alpha value is -2.96. The lowest BCUT2D eigenvalue weighted by atomic mass is 10.1. The molecule has 2 aromatic heterocycles. The Balaban J connectivity index is 2.41. The predicted octanol–water partition coefficient (Wildman–Crippen LogP) is 2.35. The van der Waals surface area contributed by atoms with Crippen molar-refractivity contribution in [2.75, 3.05) is 0 Å². The molecule has 0 aliphatic rings. The lowest BCUT2D eigenvalue weighted by Gasteiger charge is -2.13. The van der Waals surface area contributed by atoms with Gasteiger partial charge in [0.15, 0.2) is 0 Å². The minimum atomic E-state index is -1.33. The number of carboxylic acids is 1. The van der Waals surface area contributed by atoms with Gasteiger partial charge in [0, 0.05) is 30.0 Å². The Bertz CT molecular complexity index is 988. The molecule has 1 N–H and O–H groups in total. The van der Waals surface area contributed by atoms with Gasteiger partial charge in [-0.25, -0.2) is 13.9 Å². The van der Waals surface area contributed by atoms with Gasteiger partial charge in [-0.3, -0.25) is 4.79 Å². The highest BCUT2D eigenvalue weighted by atomic mass is 19.1. The Morgan fingerprint density at radius 1 is 1.39 bits per heavy atom. The normalized spacial score (nSPS) is 11.1. The molecule has 0 spiro atoms. The van der Waals surface area contributed by atoms with E-state index < -0.39 is 17.2 Å². The molecular formula is C16H14FN3O3. The molecule has 0 saturated heterocycles. The van der Waals surface area contributed by atoms with E-state index in [9.17, 15) is 14.0 Å². The van der Waals surface area contributed by atoms with E-state index in [-0.39, 0.29) is 16.6 Å². The Labute approximate surface area is 130 Å². The summed E-state index contributed by atoms with van der Waals surface area (Å²) in [6.45, 7) is 4.05. The van der Waals surface area contributed by atoms with Crippen molar-refractivity contribution in [2.45, 2.75) is 20.4 Å². The summed E-state index contributed by atoms with van der Waals surface area (Å²) in [5.74, 6) is -1.96. The third-order valence-corrected chi connectivity index (χ3v) is 3.78. The summed E-state index contributed by atoms with van der Waals surface area (Å²) in [6, 6.07) is 4.33. The van der Waals surface area contributed by atoms with E-state index in [4.69, 9.17) is 5.11 Å². The van der Waals surface area contributed by atoms with E-state index in [1.54, 1.807) is 23.8 Å². The summed E-state index contributed by atoms with van der Waals surface area (Å²) in [6.07, 6.45) is 2.84. The molecule has 0 aliphatic heterocycles. The fraction of sp³-hybridized carbons (Fsp3) is 0.188. The molecule has 0 amide bonds. The second-order valence-electron chi connectivity index (χ2n) is 5.17. The monoisotopic (exact) mass is 315 g/mol. The maximum absolute atomic E-state index is 14.5. The van der Waals surface area contributed by atoms with Crippen LogP contribution in [0.5, 0.6) is 0 Å². The average Bonchev–Trinajstić information content (AvgIpc) is 2.93. The van der Waals surface area contributed by atoms with Crippen LogP contribution in [0.4, 0.5) is 4.39 Å². The Morgan fingerprint density at radius 3 is 2.70 bits per heavy atom. The number of halogens is 1. The zero-order valence-corrected chi connectivity index (χ0v) is 12.6. The van der Waals surface area contributed by atoms with Crippen molar-refractivity contribution in [3.05, 3.63) is 57.9 Å². The third-order valence-electron chi connectivity index (χ3n) is 3.78. The molecule has 3 aromatic rings. The minimum Gasteiger partial charge on any atom is -0.477 e. The maximum atomic E-state index is 14.5. The summed E-state index contributed by atoms with van der Waals surface area (Å²) in [5, 5.41) is 13.2. The van der Waals surface area contributed by atoms with Crippen molar-refractivity contribution in [1.82, 2.24) is 14.3 Å². The van der Waals surface area contributed by atoms with Gasteiger partial charge in [-0.1, -0.05) is 0 Å². The molecule has 23 heavy (non-hydrogen) atoms. The predicted molar refractivity (Wildman–Crippen MR) is 82.7 cm³/mol.